The molecule has 0 saturated carbocycles. The van der Waals surface area contributed by atoms with Crippen LogP contribution in [0, 0.1) is 11.3 Å². The number of benzene rings is 1. The van der Waals surface area contributed by atoms with Crippen molar-refractivity contribution in [3.63, 3.8) is 0 Å². The number of phenols is 1. The molecule has 2 rings (SSSR count). The van der Waals surface area contributed by atoms with E-state index < -0.39 is 9.84 Å². The third kappa shape index (κ3) is 3.63. The molecule has 0 spiro atoms. The quantitative estimate of drug-likeness (QED) is 0.848. The van der Waals surface area contributed by atoms with Gasteiger partial charge in [0.15, 0.2) is 0 Å². The minimum absolute atomic E-state index is 0.116. The van der Waals surface area contributed by atoms with Crippen molar-refractivity contribution < 1.29 is 13.5 Å². The molecule has 1 aromatic carbocycles. The number of rotatable bonds is 3. The standard InChI is InChI=1S/C17H17NO3S2/c1-17(2,3)15-9-12(4-5-16(15)19)8-14(10-18)23(20,21)13-6-7-22-11-13/h4-9,11,19H,1-3H3/b14-8-. The highest BCUT2D eigenvalue weighted by atomic mass is 32.2. The second-order valence-corrected chi connectivity index (χ2v) is 8.81. The van der Waals surface area contributed by atoms with Crippen molar-refractivity contribution in [2.45, 2.75) is 31.1 Å². The average molecular weight is 347 g/mol. The molecule has 1 aromatic heterocycles. The predicted octanol–water partition coefficient (Wildman–Crippen LogP) is 4.09. The molecule has 0 aliphatic heterocycles. The van der Waals surface area contributed by atoms with Crippen LogP contribution in [0.3, 0.4) is 0 Å². The van der Waals surface area contributed by atoms with E-state index >= 15 is 0 Å². The Kier molecular flexibility index (Phi) is 4.64. The Morgan fingerprint density at radius 3 is 2.52 bits per heavy atom. The zero-order valence-corrected chi connectivity index (χ0v) is 14.7. The summed E-state index contributed by atoms with van der Waals surface area (Å²) in [5, 5.41) is 22.4. The van der Waals surface area contributed by atoms with Crippen molar-refractivity contribution in [2.75, 3.05) is 0 Å². The first-order valence-corrected chi connectivity index (χ1v) is 9.31. The molecule has 23 heavy (non-hydrogen) atoms. The molecule has 0 amide bonds. The van der Waals surface area contributed by atoms with Crippen LogP contribution in [-0.2, 0) is 15.3 Å². The zero-order valence-electron chi connectivity index (χ0n) is 13.1. The molecule has 4 nitrogen and oxygen atoms in total. The fraction of sp³-hybridized carbons (Fsp3) is 0.235. The van der Waals surface area contributed by atoms with Crippen LogP contribution in [0.5, 0.6) is 5.75 Å². The average Bonchev–Trinajstić information content (AvgIpc) is 2.99. The van der Waals surface area contributed by atoms with Crippen LogP contribution in [0.4, 0.5) is 0 Å². The minimum atomic E-state index is -3.82. The van der Waals surface area contributed by atoms with Gasteiger partial charge in [-0.1, -0.05) is 26.8 Å². The van der Waals surface area contributed by atoms with Crippen LogP contribution in [0.2, 0.25) is 0 Å². The lowest BCUT2D eigenvalue weighted by Crippen LogP contribution is -2.11. The molecular formula is C17H17NO3S2. The molecule has 0 radical (unpaired) electrons. The van der Waals surface area contributed by atoms with Gasteiger partial charge in [0, 0.05) is 5.38 Å². The van der Waals surface area contributed by atoms with Crippen LogP contribution in [-0.4, -0.2) is 13.5 Å². The van der Waals surface area contributed by atoms with E-state index in [0.29, 0.717) is 11.1 Å². The Balaban J connectivity index is 2.55. The number of hydrogen-bond donors (Lipinski definition) is 1. The second kappa shape index (κ2) is 6.19. The van der Waals surface area contributed by atoms with E-state index in [4.69, 9.17) is 0 Å². The van der Waals surface area contributed by atoms with Gasteiger partial charge >= 0.3 is 0 Å². The summed E-state index contributed by atoms with van der Waals surface area (Å²) in [4.78, 5) is -0.202. The van der Waals surface area contributed by atoms with Crippen molar-refractivity contribution >= 4 is 27.3 Å². The van der Waals surface area contributed by atoms with E-state index in [1.807, 2.05) is 20.8 Å². The largest absolute Gasteiger partial charge is 0.508 e. The van der Waals surface area contributed by atoms with Gasteiger partial charge in [0.2, 0.25) is 9.84 Å². The molecule has 120 valence electrons. The molecule has 2 aromatic rings. The van der Waals surface area contributed by atoms with Gasteiger partial charge in [-0.2, -0.15) is 16.6 Å². The number of nitrogens with zero attached hydrogens (tertiary/aromatic N) is 1. The van der Waals surface area contributed by atoms with Crippen molar-refractivity contribution in [1.82, 2.24) is 0 Å². The first kappa shape index (κ1) is 17.3. The van der Waals surface area contributed by atoms with Crippen molar-refractivity contribution in [1.29, 1.82) is 5.26 Å². The smallest absolute Gasteiger partial charge is 0.217 e. The first-order valence-electron chi connectivity index (χ1n) is 6.89. The maximum atomic E-state index is 12.4. The Hall–Kier alpha value is -2.10. The van der Waals surface area contributed by atoms with Crippen molar-refractivity contribution in [3.05, 3.63) is 51.1 Å². The summed E-state index contributed by atoms with van der Waals surface area (Å²) in [5.74, 6) is 0.147. The van der Waals surface area contributed by atoms with E-state index in [0.717, 1.165) is 0 Å². The van der Waals surface area contributed by atoms with Gasteiger partial charge in [-0.25, -0.2) is 8.42 Å². The van der Waals surface area contributed by atoms with E-state index in [-0.39, 0.29) is 21.0 Å². The van der Waals surface area contributed by atoms with E-state index in [9.17, 15) is 18.8 Å². The summed E-state index contributed by atoms with van der Waals surface area (Å²) in [7, 11) is -3.82. The Morgan fingerprint density at radius 2 is 2.00 bits per heavy atom. The number of allylic oxidation sites excluding steroid dienone is 1. The molecule has 1 N–H and O–H groups in total. The second-order valence-electron chi connectivity index (χ2n) is 6.11. The normalized spacial score (nSPS) is 12.9. The molecule has 0 bridgehead atoms. The monoisotopic (exact) mass is 347 g/mol. The molecule has 0 fully saturated rings. The lowest BCUT2D eigenvalue weighted by atomic mass is 9.85. The van der Waals surface area contributed by atoms with E-state index in [2.05, 4.69) is 0 Å². The number of aromatic hydroxyl groups is 1. The lowest BCUT2D eigenvalue weighted by Gasteiger charge is -2.20. The van der Waals surface area contributed by atoms with Crippen molar-refractivity contribution in [2.24, 2.45) is 0 Å². The Bertz CT molecular complexity index is 881. The van der Waals surface area contributed by atoms with E-state index in [1.165, 1.54) is 34.9 Å². The summed E-state index contributed by atoms with van der Waals surface area (Å²) in [6.45, 7) is 5.84. The van der Waals surface area contributed by atoms with Gasteiger partial charge in [-0.15, -0.1) is 0 Å². The zero-order chi connectivity index (χ0) is 17.3. The maximum Gasteiger partial charge on any atom is 0.217 e. The van der Waals surface area contributed by atoms with Crippen LogP contribution in [0.25, 0.3) is 6.08 Å². The predicted molar refractivity (Wildman–Crippen MR) is 91.9 cm³/mol. The van der Waals surface area contributed by atoms with Gasteiger partial charge in [-0.05, 0) is 46.2 Å². The maximum absolute atomic E-state index is 12.4. The highest BCUT2D eigenvalue weighted by Crippen LogP contribution is 2.32. The van der Waals surface area contributed by atoms with Crippen LogP contribution >= 0.6 is 11.3 Å². The van der Waals surface area contributed by atoms with Gasteiger partial charge < -0.3 is 5.11 Å². The van der Waals surface area contributed by atoms with Crippen LogP contribution in [0.1, 0.15) is 31.9 Å². The minimum Gasteiger partial charge on any atom is -0.508 e. The molecule has 6 heteroatoms. The first-order chi connectivity index (χ1) is 10.7. The molecule has 1 heterocycles. The summed E-state index contributed by atoms with van der Waals surface area (Å²) in [6, 6.07) is 8.05. The fourth-order valence-electron chi connectivity index (χ4n) is 2.10. The number of thiophene rings is 1. The summed E-state index contributed by atoms with van der Waals surface area (Å²) >= 11 is 1.26. The molecular weight excluding hydrogens is 330 g/mol. The fourth-order valence-corrected chi connectivity index (χ4v) is 4.29. The van der Waals surface area contributed by atoms with Gasteiger partial charge in [0.25, 0.3) is 0 Å². The summed E-state index contributed by atoms with van der Waals surface area (Å²) < 4.78 is 24.9. The molecule has 0 unspecified atom stereocenters. The summed E-state index contributed by atoms with van der Waals surface area (Å²) in [5.41, 5.74) is 0.951. The van der Waals surface area contributed by atoms with Crippen molar-refractivity contribution in [3.8, 4) is 11.8 Å². The molecule has 0 saturated heterocycles. The Labute approximate surface area is 140 Å². The molecule has 0 aliphatic rings. The van der Waals surface area contributed by atoms with Gasteiger partial charge in [-0.3, -0.25) is 0 Å². The molecule has 0 atom stereocenters. The third-order valence-electron chi connectivity index (χ3n) is 3.33. The van der Waals surface area contributed by atoms with Gasteiger partial charge in [0.05, 0.1) is 4.90 Å². The number of phenolic OH excluding ortho intramolecular Hbond substituents is 1. The SMILES string of the molecule is CC(C)(C)c1cc(/C=C(/C#N)S(=O)(=O)c2ccsc2)ccc1O. The van der Waals surface area contributed by atoms with E-state index in [1.54, 1.807) is 23.6 Å². The Morgan fingerprint density at radius 1 is 1.30 bits per heavy atom. The summed E-state index contributed by atoms with van der Waals surface area (Å²) in [6.07, 6.45) is 1.34. The highest BCUT2D eigenvalue weighted by Gasteiger charge is 2.22. The van der Waals surface area contributed by atoms with Crippen LogP contribution < -0.4 is 0 Å². The van der Waals surface area contributed by atoms with Crippen LogP contribution in [0.15, 0.2) is 44.8 Å². The lowest BCUT2D eigenvalue weighted by molar-refractivity contribution is 0.446. The third-order valence-corrected chi connectivity index (χ3v) is 5.83. The highest BCUT2D eigenvalue weighted by molar-refractivity contribution is 7.95. The number of sulfone groups is 1. The topological polar surface area (TPSA) is 78.2 Å². The van der Waals surface area contributed by atoms with Gasteiger partial charge in [0.1, 0.15) is 16.7 Å². The number of nitriles is 1. The molecule has 0 aliphatic carbocycles. The number of hydrogen-bond acceptors (Lipinski definition) is 5.